The highest BCUT2D eigenvalue weighted by molar-refractivity contribution is 5.72. The molecule has 0 saturated heterocycles. The molecule has 35 heavy (non-hydrogen) atoms. The SMILES string of the molecule is CCCCCC/C=C\CCCC(=O)Oc1cnc(-c2ccc(CCC(C)OC(=O)CC)cc2)nc1. The molecule has 0 aliphatic carbocycles. The summed E-state index contributed by atoms with van der Waals surface area (Å²) >= 11 is 0. The van der Waals surface area contributed by atoms with Crippen LogP contribution in [0.4, 0.5) is 0 Å². The first kappa shape index (κ1) is 28.2. The van der Waals surface area contributed by atoms with Crippen LogP contribution in [0.5, 0.6) is 5.75 Å². The maximum Gasteiger partial charge on any atom is 0.311 e. The summed E-state index contributed by atoms with van der Waals surface area (Å²) in [6.45, 7) is 5.93. The Hall–Kier alpha value is -3.02. The quantitative estimate of drug-likeness (QED) is 0.146. The number of aromatic nitrogens is 2. The molecule has 0 aliphatic heterocycles. The molecule has 1 atom stereocenters. The Morgan fingerprint density at radius 3 is 2.26 bits per heavy atom. The van der Waals surface area contributed by atoms with E-state index in [9.17, 15) is 9.59 Å². The minimum atomic E-state index is -0.263. The first-order valence-electron chi connectivity index (χ1n) is 13.0. The van der Waals surface area contributed by atoms with Gasteiger partial charge in [-0.1, -0.05) is 69.5 Å². The fourth-order valence-electron chi connectivity index (χ4n) is 3.55. The largest absolute Gasteiger partial charge is 0.463 e. The Morgan fingerprint density at radius 1 is 0.914 bits per heavy atom. The van der Waals surface area contributed by atoms with Crippen LogP contribution in [-0.2, 0) is 20.7 Å². The third-order valence-electron chi connectivity index (χ3n) is 5.68. The van der Waals surface area contributed by atoms with E-state index in [1.165, 1.54) is 38.1 Å². The van der Waals surface area contributed by atoms with Gasteiger partial charge in [0.25, 0.3) is 0 Å². The summed E-state index contributed by atoms with van der Waals surface area (Å²) in [5, 5.41) is 0. The molecule has 0 radical (unpaired) electrons. The van der Waals surface area contributed by atoms with Gasteiger partial charge in [-0.2, -0.15) is 0 Å². The van der Waals surface area contributed by atoms with Crippen molar-refractivity contribution in [2.24, 2.45) is 0 Å². The van der Waals surface area contributed by atoms with Gasteiger partial charge in [-0.3, -0.25) is 9.59 Å². The maximum atomic E-state index is 12.1. The molecule has 1 heterocycles. The number of benzene rings is 1. The van der Waals surface area contributed by atoms with E-state index >= 15 is 0 Å². The van der Waals surface area contributed by atoms with Crippen molar-refractivity contribution in [1.29, 1.82) is 0 Å². The second-order valence-electron chi connectivity index (χ2n) is 8.82. The number of hydrogen-bond acceptors (Lipinski definition) is 6. The Morgan fingerprint density at radius 2 is 1.60 bits per heavy atom. The summed E-state index contributed by atoms with van der Waals surface area (Å²) in [5.74, 6) is 0.504. The zero-order chi connectivity index (χ0) is 25.3. The topological polar surface area (TPSA) is 78.4 Å². The van der Waals surface area contributed by atoms with Gasteiger partial charge in [-0.05, 0) is 51.0 Å². The molecule has 0 aliphatic rings. The van der Waals surface area contributed by atoms with Crippen LogP contribution < -0.4 is 4.74 Å². The van der Waals surface area contributed by atoms with E-state index in [0.717, 1.165) is 43.2 Å². The third-order valence-corrected chi connectivity index (χ3v) is 5.68. The normalized spacial score (nSPS) is 12.0. The standard InChI is InChI=1S/C29H40N2O4/c1-4-6-7-8-9-10-11-12-13-14-28(33)35-26-21-30-29(31-22-26)25-19-17-24(18-20-25)16-15-23(3)34-27(32)5-2/h10-11,17-23H,4-9,12-16H2,1-3H3/b11-10-. The van der Waals surface area contributed by atoms with Crippen molar-refractivity contribution in [1.82, 2.24) is 9.97 Å². The van der Waals surface area contributed by atoms with Crippen molar-refractivity contribution >= 4 is 11.9 Å². The molecule has 190 valence electrons. The fraction of sp³-hybridized carbons (Fsp3) is 0.517. The molecule has 0 fully saturated rings. The van der Waals surface area contributed by atoms with Crippen LogP contribution >= 0.6 is 0 Å². The van der Waals surface area contributed by atoms with Crippen molar-refractivity contribution in [2.45, 2.75) is 97.5 Å². The molecule has 0 bridgehead atoms. The lowest BCUT2D eigenvalue weighted by Crippen LogP contribution is -2.14. The fourth-order valence-corrected chi connectivity index (χ4v) is 3.55. The highest BCUT2D eigenvalue weighted by atomic mass is 16.5. The second-order valence-corrected chi connectivity index (χ2v) is 8.82. The van der Waals surface area contributed by atoms with Gasteiger partial charge in [0.2, 0.25) is 0 Å². The molecular formula is C29H40N2O4. The van der Waals surface area contributed by atoms with Crippen LogP contribution in [0.3, 0.4) is 0 Å². The Kier molecular flexibility index (Phi) is 13.4. The predicted molar refractivity (Wildman–Crippen MR) is 139 cm³/mol. The monoisotopic (exact) mass is 480 g/mol. The van der Waals surface area contributed by atoms with Crippen LogP contribution in [0, 0.1) is 0 Å². The van der Waals surface area contributed by atoms with E-state index in [4.69, 9.17) is 9.47 Å². The number of aryl methyl sites for hydroxylation is 1. The Bertz CT molecular complexity index is 907. The summed E-state index contributed by atoms with van der Waals surface area (Å²) in [4.78, 5) is 32.1. The minimum Gasteiger partial charge on any atom is -0.463 e. The molecule has 1 aromatic carbocycles. The molecule has 1 aromatic heterocycles. The summed E-state index contributed by atoms with van der Waals surface area (Å²) in [5.41, 5.74) is 2.05. The van der Waals surface area contributed by atoms with E-state index in [1.54, 1.807) is 6.92 Å². The molecule has 0 amide bonds. The van der Waals surface area contributed by atoms with Gasteiger partial charge in [0.05, 0.1) is 18.5 Å². The highest BCUT2D eigenvalue weighted by Gasteiger charge is 2.09. The van der Waals surface area contributed by atoms with Gasteiger partial charge in [0.15, 0.2) is 11.6 Å². The zero-order valence-electron chi connectivity index (χ0n) is 21.5. The van der Waals surface area contributed by atoms with E-state index in [2.05, 4.69) is 29.0 Å². The van der Waals surface area contributed by atoms with Gasteiger partial charge < -0.3 is 9.47 Å². The van der Waals surface area contributed by atoms with E-state index in [0.29, 0.717) is 24.4 Å². The zero-order valence-corrected chi connectivity index (χ0v) is 21.5. The Labute approximate surface area is 210 Å². The number of nitrogens with zero attached hydrogens (tertiary/aromatic N) is 2. The van der Waals surface area contributed by atoms with Crippen LogP contribution in [0.15, 0.2) is 48.8 Å². The minimum absolute atomic E-state index is 0.0995. The molecule has 6 heteroatoms. The number of rotatable bonds is 16. The van der Waals surface area contributed by atoms with Crippen molar-refractivity contribution in [3.05, 3.63) is 54.4 Å². The van der Waals surface area contributed by atoms with Crippen molar-refractivity contribution in [3.63, 3.8) is 0 Å². The summed E-state index contributed by atoms with van der Waals surface area (Å²) in [6, 6.07) is 7.99. The number of hydrogen-bond donors (Lipinski definition) is 0. The summed E-state index contributed by atoms with van der Waals surface area (Å²) in [6.07, 6.45) is 17.6. The second kappa shape index (κ2) is 16.6. The van der Waals surface area contributed by atoms with E-state index < -0.39 is 0 Å². The van der Waals surface area contributed by atoms with Gasteiger partial charge in [0, 0.05) is 18.4 Å². The summed E-state index contributed by atoms with van der Waals surface area (Å²) in [7, 11) is 0. The average molecular weight is 481 g/mol. The van der Waals surface area contributed by atoms with Gasteiger partial charge in [0.1, 0.15) is 0 Å². The van der Waals surface area contributed by atoms with Gasteiger partial charge >= 0.3 is 11.9 Å². The van der Waals surface area contributed by atoms with Crippen LogP contribution in [0.25, 0.3) is 11.4 Å². The van der Waals surface area contributed by atoms with Crippen molar-refractivity contribution in [2.75, 3.05) is 0 Å². The van der Waals surface area contributed by atoms with Gasteiger partial charge in [-0.25, -0.2) is 9.97 Å². The van der Waals surface area contributed by atoms with Crippen LogP contribution in [-0.4, -0.2) is 28.0 Å². The number of unbranched alkanes of at least 4 members (excludes halogenated alkanes) is 5. The maximum absolute atomic E-state index is 12.1. The Balaban J connectivity index is 1.71. The first-order chi connectivity index (χ1) is 17.0. The smallest absolute Gasteiger partial charge is 0.311 e. The molecule has 0 saturated carbocycles. The number of carbonyl (C=O) groups is 2. The first-order valence-corrected chi connectivity index (χ1v) is 13.0. The molecule has 1 unspecified atom stereocenters. The third kappa shape index (κ3) is 11.8. The lowest BCUT2D eigenvalue weighted by Gasteiger charge is -2.12. The number of allylic oxidation sites excluding steroid dienone is 2. The molecule has 0 spiro atoms. The lowest BCUT2D eigenvalue weighted by atomic mass is 10.1. The number of carbonyl (C=O) groups excluding carboxylic acids is 2. The molecule has 6 nitrogen and oxygen atoms in total. The number of esters is 2. The van der Waals surface area contributed by atoms with Crippen molar-refractivity contribution in [3.8, 4) is 17.1 Å². The van der Waals surface area contributed by atoms with Gasteiger partial charge in [-0.15, -0.1) is 0 Å². The average Bonchev–Trinajstić information content (AvgIpc) is 2.87. The molecule has 2 rings (SSSR count). The van der Waals surface area contributed by atoms with Crippen molar-refractivity contribution < 1.29 is 19.1 Å². The van der Waals surface area contributed by atoms with Crippen LogP contribution in [0.2, 0.25) is 0 Å². The van der Waals surface area contributed by atoms with E-state index in [1.807, 2.05) is 31.2 Å². The van der Waals surface area contributed by atoms with E-state index in [-0.39, 0.29) is 18.0 Å². The highest BCUT2D eigenvalue weighted by Crippen LogP contribution is 2.19. The molecular weight excluding hydrogens is 440 g/mol. The molecule has 2 aromatic rings. The molecule has 0 N–H and O–H groups in total. The number of ether oxygens (including phenoxy) is 2. The lowest BCUT2D eigenvalue weighted by molar-refractivity contribution is -0.148. The predicted octanol–water partition coefficient (Wildman–Crippen LogP) is 7.02. The summed E-state index contributed by atoms with van der Waals surface area (Å²) < 4.78 is 10.7. The van der Waals surface area contributed by atoms with Crippen LogP contribution in [0.1, 0.15) is 90.5 Å².